The summed E-state index contributed by atoms with van der Waals surface area (Å²) < 4.78 is 0. The van der Waals surface area contributed by atoms with E-state index in [9.17, 15) is 14.7 Å². The van der Waals surface area contributed by atoms with Crippen molar-refractivity contribution >= 4 is 0 Å². The summed E-state index contributed by atoms with van der Waals surface area (Å²) in [6.45, 7) is 0.855. The van der Waals surface area contributed by atoms with E-state index in [-0.39, 0.29) is 49.5 Å². The number of benzene rings is 3. The fourth-order valence-corrected chi connectivity index (χ4v) is 5.12. The van der Waals surface area contributed by atoms with Crippen LogP contribution in [0.25, 0.3) is 0 Å². The van der Waals surface area contributed by atoms with Gasteiger partial charge in [-0.15, -0.1) is 14.7 Å². The van der Waals surface area contributed by atoms with Gasteiger partial charge in [0.1, 0.15) is 0 Å². The summed E-state index contributed by atoms with van der Waals surface area (Å²) in [6, 6.07) is 29.0. The van der Waals surface area contributed by atoms with Crippen LogP contribution in [0.5, 0.6) is 0 Å². The molecule has 0 amide bonds. The molecular weight excluding hydrogens is 503 g/mol. The van der Waals surface area contributed by atoms with Gasteiger partial charge in [-0.05, 0) is 42.4 Å². The van der Waals surface area contributed by atoms with Gasteiger partial charge < -0.3 is 1.43 Å². The van der Waals surface area contributed by atoms with Gasteiger partial charge in [0.05, 0.1) is 41.0 Å². The van der Waals surface area contributed by atoms with Crippen molar-refractivity contribution < 1.29 is 31.0 Å². The summed E-state index contributed by atoms with van der Waals surface area (Å²) in [5, 5.41) is 14.2. The monoisotopic (exact) mass is 538 g/mol. The van der Waals surface area contributed by atoms with Gasteiger partial charge in [0.25, 0.3) is 0 Å². The van der Waals surface area contributed by atoms with Gasteiger partial charge >= 0.3 is 29.6 Å². The first kappa shape index (κ1) is 30.4. The molecule has 2 atom stereocenters. The first-order valence-electron chi connectivity index (χ1n) is 12.9. The molecule has 0 aliphatic heterocycles. The van der Waals surface area contributed by atoms with Crippen LogP contribution in [0.3, 0.4) is 0 Å². The van der Waals surface area contributed by atoms with Crippen molar-refractivity contribution in [3.63, 3.8) is 0 Å². The van der Waals surface area contributed by atoms with Crippen LogP contribution < -0.4 is 29.6 Å². The van der Waals surface area contributed by atoms with Gasteiger partial charge in [-0.3, -0.25) is 15.0 Å². The smallest absolute Gasteiger partial charge is 1.00 e. The third-order valence-corrected chi connectivity index (χ3v) is 7.40. The largest absolute Gasteiger partial charge is 1.00 e. The van der Waals surface area contributed by atoms with Crippen molar-refractivity contribution in [3.05, 3.63) is 122 Å². The van der Waals surface area contributed by atoms with E-state index >= 15 is 0 Å². The van der Waals surface area contributed by atoms with Gasteiger partial charge in [-0.1, -0.05) is 91.0 Å². The molecular formula is C29H35N6NaO3. The maximum atomic E-state index is 12.3. The van der Waals surface area contributed by atoms with Crippen LogP contribution in [0.15, 0.2) is 107 Å². The van der Waals surface area contributed by atoms with Crippen LogP contribution in [0.1, 0.15) is 31.0 Å². The molecule has 1 saturated carbocycles. The Morgan fingerprint density at radius 3 is 1.59 bits per heavy atom. The molecule has 0 aromatic heterocycles. The summed E-state index contributed by atoms with van der Waals surface area (Å²) in [5.74, 6) is 0. The second-order valence-electron chi connectivity index (χ2n) is 10.1. The zero-order valence-electron chi connectivity index (χ0n) is 23.7. The summed E-state index contributed by atoms with van der Waals surface area (Å²) in [7, 11) is 1.57. The molecule has 0 saturated heterocycles. The first-order chi connectivity index (χ1) is 18.6. The predicted octanol–water partition coefficient (Wildman–Crippen LogP) is 2.64. The Hall–Kier alpha value is -3.14. The summed E-state index contributed by atoms with van der Waals surface area (Å²) in [6.07, 6.45) is 2.96. The molecule has 3 aromatic carbocycles. The summed E-state index contributed by atoms with van der Waals surface area (Å²) >= 11 is 0. The molecule has 0 bridgehead atoms. The van der Waals surface area contributed by atoms with Crippen molar-refractivity contribution in [2.24, 2.45) is 15.9 Å². The SMILES string of the molecule is CN(C[C@H](Cc1ccccc1)N(C[C@H](Cc1ccccc1)N(CC1(c2ccccc2)CC1)N=O)N=O)N=O.[H-].[Na+]. The van der Waals surface area contributed by atoms with E-state index in [0.29, 0.717) is 19.4 Å². The minimum atomic E-state index is -0.423. The number of hydrogen-bond donors (Lipinski definition) is 0. The standard InChI is InChI=1S/C29H34N6O3.Na.H/c1-33(30-36)21-27(19-24-11-5-2-6-12-24)34(31-37)22-28(20-25-13-7-3-8-14-25)35(32-38)23-29(17-18-29)26-15-9-4-10-16-26;;/h2-16,27-28H,17-23H2,1H3;;/q;+1;-1/t27-,28-;;/m0../s1. The Balaban J connectivity index is 0.00000280. The zero-order valence-corrected chi connectivity index (χ0v) is 24.7. The Morgan fingerprint density at radius 1 is 0.692 bits per heavy atom. The third-order valence-electron chi connectivity index (χ3n) is 7.40. The molecule has 39 heavy (non-hydrogen) atoms. The quantitative estimate of drug-likeness (QED) is 0.158. The molecule has 0 radical (unpaired) electrons. The van der Waals surface area contributed by atoms with Crippen molar-refractivity contribution in [2.45, 2.75) is 43.2 Å². The molecule has 1 aliphatic rings. The predicted molar refractivity (Wildman–Crippen MR) is 150 cm³/mol. The second-order valence-corrected chi connectivity index (χ2v) is 10.1. The maximum absolute atomic E-state index is 12.3. The Morgan fingerprint density at radius 2 is 1.15 bits per heavy atom. The molecule has 0 unspecified atom stereocenters. The molecule has 1 fully saturated rings. The van der Waals surface area contributed by atoms with Gasteiger partial charge in [0.2, 0.25) is 0 Å². The van der Waals surface area contributed by atoms with Crippen molar-refractivity contribution in [1.29, 1.82) is 0 Å². The van der Waals surface area contributed by atoms with Crippen molar-refractivity contribution in [1.82, 2.24) is 15.0 Å². The topological polar surface area (TPSA) is 98.0 Å². The van der Waals surface area contributed by atoms with Gasteiger partial charge in [-0.2, -0.15) is 0 Å². The number of likely N-dealkylation sites (N-methyl/N-ethyl adjacent to an activating group) is 1. The van der Waals surface area contributed by atoms with Crippen LogP contribution >= 0.6 is 0 Å². The Kier molecular flexibility index (Phi) is 11.6. The van der Waals surface area contributed by atoms with Crippen LogP contribution in [-0.2, 0) is 18.3 Å². The normalized spacial score (nSPS) is 14.7. The van der Waals surface area contributed by atoms with E-state index < -0.39 is 12.1 Å². The second kappa shape index (κ2) is 14.9. The van der Waals surface area contributed by atoms with Gasteiger partial charge in [-0.25, -0.2) is 0 Å². The molecule has 0 spiro atoms. The van der Waals surface area contributed by atoms with Crippen LogP contribution in [0.4, 0.5) is 0 Å². The van der Waals surface area contributed by atoms with Gasteiger partial charge in [0, 0.05) is 19.0 Å². The average Bonchev–Trinajstić information content (AvgIpc) is 3.76. The van der Waals surface area contributed by atoms with E-state index in [4.69, 9.17) is 0 Å². The maximum Gasteiger partial charge on any atom is 1.00 e. The van der Waals surface area contributed by atoms with Crippen molar-refractivity contribution in [2.75, 3.05) is 26.7 Å². The van der Waals surface area contributed by atoms with E-state index in [1.54, 1.807) is 12.1 Å². The third kappa shape index (κ3) is 8.42. The fourth-order valence-electron chi connectivity index (χ4n) is 5.12. The molecule has 0 heterocycles. The van der Waals surface area contributed by atoms with Crippen LogP contribution in [0, 0.1) is 14.7 Å². The molecule has 4 rings (SSSR count). The molecule has 0 N–H and O–H groups in total. The van der Waals surface area contributed by atoms with E-state index in [2.05, 4.69) is 28.0 Å². The molecule has 1 aliphatic carbocycles. The number of rotatable bonds is 16. The number of nitroso groups, excluding NO2 is 3. The fraction of sp³-hybridized carbons (Fsp3) is 0.379. The first-order valence-corrected chi connectivity index (χ1v) is 12.9. The molecule has 3 aromatic rings. The summed E-state index contributed by atoms with van der Waals surface area (Å²) in [4.78, 5) is 35.8. The van der Waals surface area contributed by atoms with E-state index in [0.717, 1.165) is 24.0 Å². The molecule has 200 valence electrons. The minimum Gasteiger partial charge on any atom is -1.00 e. The minimum absolute atomic E-state index is 0. The van der Waals surface area contributed by atoms with E-state index in [1.807, 2.05) is 78.9 Å². The van der Waals surface area contributed by atoms with Crippen LogP contribution in [0.2, 0.25) is 0 Å². The Labute approximate surface area is 253 Å². The summed E-state index contributed by atoms with van der Waals surface area (Å²) in [5.41, 5.74) is 3.11. The molecule has 9 nitrogen and oxygen atoms in total. The van der Waals surface area contributed by atoms with Crippen LogP contribution in [-0.4, -0.2) is 53.8 Å². The molecule has 10 heteroatoms. The van der Waals surface area contributed by atoms with Crippen molar-refractivity contribution in [3.8, 4) is 0 Å². The van der Waals surface area contributed by atoms with E-state index in [1.165, 1.54) is 15.6 Å². The zero-order chi connectivity index (χ0) is 26.8. The number of nitrogens with zero attached hydrogens (tertiary/aromatic N) is 6. The number of hydrogen-bond acceptors (Lipinski definition) is 6. The van der Waals surface area contributed by atoms with Gasteiger partial charge in [0.15, 0.2) is 0 Å². The Bertz CT molecular complexity index is 1170. The average molecular weight is 539 g/mol.